The summed E-state index contributed by atoms with van der Waals surface area (Å²) < 4.78 is 7.83. The summed E-state index contributed by atoms with van der Waals surface area (Å²) in [5, 5.41) is 10.2. The number of aromatic nitrogens is 3. The van der Waals surface area contributed by atoms with Crippen molar-refractivity contribution in [1.29, 1.82) is 0 Å². The molecular formula is C38H61N9O4S2. The van der Waals surface area contributed by atoms with Crippen molar-refractivity contribution in [2.24, 2.45) is 10.7 Å². The molecule has 1 aromatic carbocycles. The van der Waals surface area contributed by atoms with Crippen molar-refractivity contribution >= 4 is 72.8 Å². The van der Waals surface area contributed by atoms with Crippen LogP contribution in [0.4, 0.5) is 5.82 Å². The van der Waals surface area contributed by atoms with Gasteiger partial charge in [-0.2, -0.15) is 0 Å². The molecule has 0 aliphatic carbocycles. The topological polar surface area (TPSA) is 192 Å². The number of nitrogen functional groups attached to an aromatic ring is 1. The average Bonchev–Trinajstić information content (AvgIpc) is 3.47. The summed E-state index contributed by atoms with van der Waals surface area (Å²) in [6.07, 6.45) is 7.72. The molecule has 53 heavy (non-hydrogen) atoms. The monoisotopic (exact) mass is 771 g/mol. The zero-order chi connectivity index (χ0) is 38.6. The molecule has 15 heteroatoms. The van der Waals surface area contributed by atoms with Gasteiger partial charge < -0.3 is 36.7 Å². The summed E-state index contributed by atoms with van der Waals surface area (Å²) >= 11 is 0. The molecule has 0 fully saturated rings. The van der Waals surface area contributed by atoms with Crippen LogP contribution in [0.3, 0.4) is 0 Å². The minimum Gasteiger partial charge on any atom is -0.387 e. The normalized spacial score (nSPS) is 12.7. The molecule has 1 atom stereocenters. The molecule has 0 saturated carbocycles. The highest BCUT2D eigenvalue weighted by atomic mass is 33.1. The van der Waals surface area contributed by atoms with Gasteiger partial charge in [-0.3, -0.25) is 19.4 Å². The van der Waals surface area contributed by atoms with Crippen LogP contribution in [-0.4, -0.2) is 87.8 Å². The number of benzene rings is 1. The lowest BCUT2D eigenvalue weighted by atomic mass is 10.0. The van der Waals surface area contributed by atoms with E-state index in [9.17, 15) is 14.4 Å². The van der Waals surface area contributed by atoms with E-state index in [2.05, 4.69) is 30.5 Å². The molecule has 0 aliphatic rings. The number of para-hydroxylation sites is 1. The Morgan fingerprint density at radius 3 is 2.51 bits per heavy atom. The number of carbonyl (C=O) groups excluding carboxylic acids is 3. The van der Waals surface area contributed by atoms with E-state index in [-0.39, 0.29) is 23.6 Å². The molecule has 13 nitrogen and oxygen atoms in total. The third kappa shape index (κ3) is 15.5. The fourth-order valence-electron chi connectivity index (χ4n) is 6.03. The number of nitrogens with zero attached hydrogens (tertiary/aromatic N) is 4. The van der Waals surface area contributed by atoms with E-state index in [4.69, 9.17) is 21.2 Å². The van der Waals surface area contributed by atoms with Crippen molar-refractivity contribution in [3.63, 3.8) is 0 Å². The number of rotatable bonds is 27. The molecule has 2 heterocycles. The standard InChI is InChI=1S/C38H61N9O4S2/c1-6-51-25-32-45-35-36(28-15-9-10-17-30(28)44-37(35)40)47(32)26-38(3,4)46-34(50)19-8-7-12-22-43-33(49)20-24-53-52-23-14-18-31(39)42-21-13-11-16-29(41-5)27(2)48/h9-10,15,17,29,41H,6-8,11-14,16,18-26H2,1-5H3,(H2,39,42)(H2,40,44)(H,43,49)(H,46,50). The number of fused-ring (bicyclic) bond motifs is 3. The number of aliphatic imine (C=N–C) groups is 1. The molecule has 0 aliphatic heterocycles. The van der Waals surface area contributed by atoms with E-state index in [0.29, 0.717) is 62.9 Å². The summed E-state index contributed by atoms with van der Waals surface area (Å²) in [6, 6.07) is 7.79. The van der Waals surface area contributed by atoms with Crippen LogP contribution in [0.1, 0.15) is 97.7 Å². The zero-order valence-electron chi connectivity index (χ0n) is 32.3. The number of pyridine rings is 1. The number of amidine groups is 1. The first kappa shape index (κ1) is 44.0. The molecule has 3 rings (SSSR count). The number of nitrogens with one attached hydrogen (secondary N) is 3. The maximum Gasteiger partial charge on any atom is 0.220 e. The summed E-state index contributed by atoms with van der Waals surface area (Å²) in [6.45, 7) is 10.3. The average molecular weight is 772 g/mol. The van der Waals surface area contributed by atoms with Gasteiger partial charge in [0.15, 0.2) is 5.82 Å². The maximum atomic E-state index is 13.0. The van der Waals surface area contributed by atoms with E-state index in [1.165, 1.54) is 0 Å². The number of unbranched alkanes of at least 4 members (excludes halogenated alkanes) is 3. The number of imidazole rings is 1. The van der Waals surface area contributed by atoms with Crippen LogP contribution in [0.2, 0.25) is 0 Å². The van der Waals surface area contributed by atoms with Crippen LogP contribution in [-0.2, 0) is 32.3 Å². The van der Waals surface area contributed by atoms with Gasteiger partial charge in [-0.15, -0.1) is 0 Å². The maximum absolute atomic E-state index is 13.0. The minimum atomic E-state index is -0.563. The smallest absolute Gasteiger partial charge is 0.220 e. The van der Waals surface area contributed by atoms with Crippen molar-refractivity contribution in [3.05, 3.63) is 30.1 Å². The van der Waals surface area contributed by atoms with Gasteiger partial charge >= 0.3 is 0 Å². The first-order valence-electron chi connectivity index (χ1n) is 18.9. The van der Waals surface area contributed by atoms with Gasteiger partial charge in [0.25, 0.3) is 0 Å². The summed E-state index contributed by atoms with van der Waals surface area (Å²) in [5.74, 6) is 3.72. The van der Waals surface area contributed by atoms with Crippen LogP contribution in [0.5, 0.6) is 0 Å². The molecule has 0 saturated heterocycles. The Labute approximate surface area is 322 Å². The Hall–Kier alpha value is -3.40. The molecule has 3 aromatic rings. The summed E-state index contributed by atoms with van der Waals surface area (Å²) in [5.41, 5.74) is 14.1. The molecule has 0 radical (unpaired) electrons. The molecule has 0 bridgehead atoms. The predicted octanol–water partition coefficient (Wildman–Crippen LogP) is 5.53. The first-order chi connectivity index (χ1) is 25.5. The highest BCUT2D eigenvalue weighted by Crippen LogP contribution is 2.30. The number of carbonyl (C=O) groups is 3. The van der Waals surface area contributed by atoms with Crippen LogP contribution in [0, 0.1) is 0 Å². The number of amides is 2. The highest BCUT2D eigenvalue weighted by molar-refractivity contribution is 8.76. The van der Waals surface area contributed by atoms with E-state index in [0.717, 1.165) is 85.1 Å². The van der Waals surface area contributed by atoms with Crippen LogP contribution in [0.15, 0.2) is 29.3 Å². The fourth-order valence-corrected chi connectivity index (χ4v) is 8.11. The number of likely N-dealkylation sites (N-methyl/N-ethyl adjacent to an activating group) is 1. The van der Waals surface area contributed by atoms with E-state index < -0.39 is 5.54 Å². The summed E-state index contributed by atoms with van der Waals surface area (Å²) in [4.78, 5) is 50.5. The Kier molecular flexibility index (Phi) is 19.4. The van der Waals surface area contributed by atoms with Gasteiger partial charge in [0.2, 0.25) is 11.8 Å². The van der Waals surface area contributed by atoms with Gasteiger partial charge in [-0.1, -0.05) is 46.2 Å². The second kappa shape index (κ2) is 23.4. The number of ketones is 1. The van der Waals surface area contributed by atoms with Crippen LogP contribution < -0.4 is 27.4 Å². The van der Waals surface area contributed by atoms with Crippen molar-refractivity contribution in [1.82, 2.24) is 30.5 Å². The van der Waals surface area contributed by atoms with Crippen molar-refractivity contribution in [3.8, 4) is 0 Å². The molecule has 294 valence electrons. The third-order valence-electron chi connectivity index (χ3n) is 8.77. The molecule has 2 amide bonds. The van der Waals surface area contributed by atoms with Crippen molar-refractivity contribution in [2.75, 3.05) is 44.0 Å². The molecule has 2 aromatic heterocycles. The number of anilines is 1. The lowest BCUT2D eigenvalue weighted by molar-refractivity contribution is -0.123. The molecule has 0 spiro atoms. The third-order valence-corrected chi connectivity index (χ3v) is 11.3. The van der Waals surface area contributed by atoms with Gasteiger partial charge in [-0.25, -0.2) is 9.97 Å². The Morgan fingerprint density at radius 1 is 0.981 bits per heavy atom. The Morgan fingerprint density at radius 2 is 1.75 bits per heavy atom. The lowest BCUT2D eigenvalue weighted by Crippen LogP contribution is -2.46. The minimum absolute atomic E-state index is 0.00846. The van der Waals surface area contributed by atoms with Crippen molar-refractivity contribution in [2.45, 2.75) is 117 Å². The van der Waals surface area contributed by atoms with Crippen molar-refractivity contribution < 1.29 is 19.1 Å². The first-order valence-corrected chi connectivity index (χ1v) is 21.3. The number of hydrogen-bond donors (Lipinski definition) is 5. The lowest BCUT2D eigenvalue weighted by Gasteiger charge is -2.28. The van der Waals surface area contributed by atoms with Crippen LogP contribution in [0.25, 0.3) is 21.9 Å². The van der Waals surface area contributed by atoms with Gasteiger partial charge in [0.1, 0.15) is 23.7 Å². The van der Waals surface area contributed by atoms with Crippen LogP contribution >= 0.6 is 21.6 Å². The number of hydrogen-bond acceptors (Lipinski definition) is 11. The highest BCUT2D eigenvalue weighted by Gasteiger charge is 2.26. The van der Waals surface area contributed by atoms with Gasteiger partial charge in [0, 0.05) is 62.4 Å². The molecule has 1 unspecified atom stereocenters. The predicted molar refractivity (Wildman–Crippen MR) is 221 cm³/mol. The van der Waals surface area contributed by atoms with E-state index in [1.807, 2.05) is 52.1 Å². The SMILES string of the molecule is CCOCc1nc2c(N)nc3ccccc3c2n1CC(C)(C)NC(=O)CCCCCNC(=O)CCSSCCCC(N)=NCCCCC(NC)C(C)=O. The van der Waals surface area contributed by atoms with Gasteiger partial charge in [0.05, 0.1) is 28.4 Å². The zero-order valence-corrected chi connectivity index (χ0v) is 33.9. The quantitative estimate of drug-likeness (QED) is 0.0283. The molecular weight excluding hydrogens is 711 g/mol. The van der Waals surface area contributed by atoms with E-state index in [1.54, 1.807) is 28.5 Å². The van der Waals surface area contributed by atoms with Gasteiger partial charge in [-0.05, 0) is 79.3 Å². The van der Waals surface area contributed by atoms with E-state index >= 15 is 0 Å². The fraction of sp³-hybridized carbons (Fsp3) is 0.632. The second-order valence-electron chi connectivity index (χ2n) is 13.9. The second-order valence-corrected chi connectivity index (χ2v) is 16.6. The number of nitrogens with two attached hydrogens (primary N) is 2. The largest absolute Gasteiger partial charge is 0.387 e. The number of ether oxygens (including phenoxy) is 1. The summed E-state index contributed by atoms with van der Waals surface area (Å²) in [7, 11) is 5.27. The molecule has 7 N–H and O–H groups in total. The number of Topliss-reactive ketones (excluding diaryl/α,β-unsaturated/α-hetero) is 1. The Bertz CT molecular complexity index is 1650. The Balaban J connectivity index is 1.27.